The van der Waals surface area contributed by atoms with E-state index in [2.05, 4.69) is 13.8 Å². The van der Waals surface area contributed by atoms with Crippen LogP contribution in [0.3, 0.4) is 0 Å². The Kier molecular flexibility index (Phi) is 2.32. The van der Waals surface area contributed by atoms with Crippen molar-refractivity contribution in [3.63, 3.8) is 0 Å². The Morgan fingerprint density at radius 3 is 2.00 bits per heavy atom. The van der Waals surface area contributed by atoms with Crippen molar-refractivity contribution < 1.29 is 4.39 Å². The molecule has 0 amide bonds. The van der Waals surface area contributed by atoms with Crippen molar-refractivity contribution in [2.45, 2.75) is 39.5 Å². The van der Waals surface area contributed by atoms with Gasteiger partial charge in [0.25, 0.3) is 0 Å². The van der Waals surface area contributed by atoms with Gasteiger partial charge in [-0.2, -0.15) is 0 Å². The van der Waals surface area contributed by atoms with Gasteiger partial charge in [0, 0.05) is 5.41 Å². The minimum absolute atomic E-state index is 0.0694. The van der Waals surface area contributed by atoms with Gasteiger partial charge in [0.05, 0.1) is 6.67 Å². The third-order valence-electron chi connectivity index (χ3n) is 3.09. The monoisotopic (exact) mass is 144 g/mol. The molecule has 10 heavy (non-hydrogen) atoms. The van der Waals surface area contributed by atoms with Crippen LogP contribution in [0.5, 0.6) is 0 Å². The first-order valence-electron chi connectivity index (χ1n) is 4.27. The molecule has 0 N–H and O–H groups in total. The first kappa shape index (κ1) is 8.03. The van der Waals surface area contributed by atoms with Crippen molar-refractivity contribution in [2.24, 2.45) is 11.3 Å². The Hall–Kier alpha value is -0.0700. The molecule has 1 fully saturated rings. The van der Waals surface area contributed by atoms with E-state index in [1.54, 1.807) is 0 Å². The molecule has 60 valence electrons. The predicted molar refractivity (Wildman–Crippen MR) is 41.7 cm³/mol. The second-order valence-corrected chi connectivity index (χ2v) is 3.86. The van der Waals surface area contributed by atoms with Crippen LogP contribution in [0.15, 0.2) is 0 Å². The number of alkyl halides is 1. The quantitative estimate of drug-likeness (QED) is 0.558. The lowest BCUT2D eigenvalue weighted by Gasteiger charge is -2.29. The summed E-state index contributed by atoms with van der Waals surface area (Å²) in [6.07, 6.45) is 4.70. The molecule has 0 aromatic carbocycles. The average Bonchev–Trinajstić information content (AvgIpc) is 2.35. The van der Waals surface area contributed by atoms with Crippen molar-refractivity contribution in [2.75, 3.05) is 6.67 Å². The molecule has 0 aliphatic heterocycles. The Bertz CT molecular complexity index is 101. The maximum absolute atomic E-state index is 12.6. The van der Waals surface area contributed by atoms with E-state index in [9.17, 15) is 4.39 Å². The summed E-state index contributed by atoms with van der Waals surface area (Å²) in [6.45, 7) is 4.18. The summed E-state index contributed by atoms with van der Waals surface area (Å²) >= 11 is 0. The van der Waals surface area contributed by atoms with Gasteiger partial charge in [0.1, 0.15) is 0 Å². The van der Waals surface area contributed by atoms with E-state index >= 15 is 0 Å². The lowest BCUT2D eigenvalue weighted by atomic mass is 9.77. The minimum atomic E-state index is -0.106. The van der Waals surface area contributed by atoms with Crippen LogP contribution < -0.4 is 0 Å². The largest absolute Gasteiger partial charge is 0.250 e. The molecular weight excluding hydrogens is 127 g/mol. The molecule has 0 unspecified atom stereocenters. The third-order valence-corrected chi connectivity index (χ3v) is 3.09. The van der Waals surface area contributed by atoms with Crippen molar-refractivity contribution in [3.8, 4) is 0 Å². The van der Waals surface area contributed by atoms with Gasteiger partial charge < -0.3 is 0 Å². The molecule has 0 saturated heterocycles. The molecular formula is C9H17F. The fraction of sp³-hybridized carbons (Fsp3) is 1.00. The first-order chi connectivity index (χ1) is 4.71. The molecule has 0 spiro atoms. The van der Waals surface area contributed by atoms with Gasteiger partial charge in [-0.3, -0.25) is 4.39 Å². The van der Waals surface area contributed by atoms with Crippen LogP contribution in [0.1, 0.15) is 39.5 Å². The Balaban J connectivity index is 2.58. The SMILES string of the molecule is CC(C)C1(CF)CCCC1. The predicted octanol–water partition coefficient (Wildman–Crippen LogP) is 3.17. The molecule has 1 aliphatic carbocycles. The fourth-order valence-corrected chi connectivity index (χ4v) is 1.94. The van der Waals surface area contributed by atoms with Crippen molar-refractivity contribution in [1.29, 1.82) is 0 Å². The summed E-state index contributed by atoms with van der Waals surface area (Å²) in [5, 5.41) is 0. The third kappa shape index (κ3) is 1.18. The van der Waals surface area contributed by atoms with E-state index < -0.39 is 0 Å². The number of hydrogen-bond acceptors (Lipinski definition) is 0. The molecule has 0 nitrogen and oxygen atoms in total. The summed E-state index contributed by atoms with van der Waals surface area (Å²) in [7, 11) is 0. The van der Waals surface area contributed by atoms with E-state index in [-0.39, 0.29) is 12.1 Å². The van der Waals surface area contributed by atoms with Gasteiger partial charge in [-0.15, -0.1) is 0 Å². The standard InChI is InChI=1S/C9H17F/c1-8(2)9(7-10)5-3-4-6-9/h8H,3-7H2,1-2H3. The lowest BCUT2D eigenvalue weighted by molar-refractivity contribution is 0.141. The fourth-order valence-electron chi connectivity index (χ4n) is 1.94. The van der Waals surface area contributed by atoms with Crippen LogP contribution >= 0.6 is 0 Å². The zero-order valence-corrected chi connectivity index (χ0v) is 6.99. The number of halogens is 1. The molecule has 1 heteroatoms. The number of hydrogen-bond donors (Lipinski definition) is 0. The van der Waals surface area contributed by atoms with Crippen LogP contribution in [0, 0.1) is 11.3 Å². The molecule has 0 heterocycles. The van der Waals surface area contributed by atoms with Gasteiger partial charge in [0.15, 0.2) is 0 Å². The van der Waals surface area contributed by atoms with Crippen LogP contribution in [-0.4, -0.2) is 6.67 Å². The van der Waals surface area contributed by atoms with Crippen molar-refractivity contribution in [1.82, 2.24) is 0 Å². The van der Waals surface area contributed by atoms with E-state index in [0.29, 0.717) is 5.92 Å². The molecule has 0 radical (unpaired) electrons. The van der Waals surface area contributed by atoms with Gasteiger partial charge in [0.2, 0.25) is 0 Å². The average molecular weight is 144 g/mol. The molecule has 0 aromatic rings. The highest BCUT2D eigenvalue weighted by molar-refractivity contribution is 4.86. The maximum Gasteiger partial charge on any atom is 0.0953 e. The van der Waals surface area contributed by atoms with Crippen LogP contribution in [0.2, 0.25) is 0 Å². The molecule has 1 rings (SSSR count). The molecule has 0 aromatic heterocycles. The van der Waals surface area contributed by atoms with Crippen LogP contribution in [-0.2, 0) is 0 Å². The Morgan fingerprint density at radius 2 is 1.80 bits per heavy atom. The lowest BCUT2D eigenvalue weighted by Crippen LogP contribution is -2.25. The summed E-state index contributed by atoms with van der Waals surface area (Å²) in [5.41, 5.74) is 0.0694. The van der Waals surface area contributed by atoms with Crippen LogP contribution in [0.25, 0.3) is 0 Å². The first-order valence-corrected chi connectivity index (χ1v) is 4.27. The zero-order valence-electron chi connectivity index (χ0n) is 6.99. The van der Waals surface area contributed by atoms with Gasteiger partial charge in [-0.25, -0.2) is 0 Å². The van der Waals surface area contributed by atoms with Crippen LogP contribution in [0.4, 0.5) is 4.39 Å². The van der Waals surface area contributed by atoms with Gasteiger partial charge >= 0.3 is 0 Å². The molecule has 0 atom stereocenters. The van der Waals surface area contributed by atoms with Crippen molar-refractivity contribution >= 4 is 0 Å². The molecule has 1 aliphatic rings. The summed E-state index contributed by atoms with van der Waals surface area (Å²) in [6, 6.07) is 0. The smallest absolute Gasteiger partial charge is 0.0953 e. The summed E-state index contributed by atoms with van der Waals surface area (Å²) in [5.74, 6) is 0.528. The Morgan fingerprint density at radius 1 is 1.30 bits per heavy atom. The zero-order chi connectivity index (χ0) is 7.61. The second kappa shape index (κ2) is 2.89. The highest BCUT2D eigenvalue weighted by Gasteiger charge is 2.36. The van der Waals surface area contributed by atoms with Gasteiger partial charge in [-0.05, 0) is 18.8 Å². The van der Waals surface area contributed by atoms with Crippen molar-refractivity contribution in [3.05, 3.63) is 0 Å². The highest BCUT2D eigenvalue weighted by Crippen LogP contribution is 2.44. The maximum atomic E-state index is 12.6. The van der Waals surface area contributed by atoms with E-state index in [1.807, 2.05) is 0 Å². The normalized spacial score (nSPS) is 24.0. The Labute approximate surface area is 62.8 Å². The van der Waals surface area contributed by atoms with E-state index in [4.69, 9.17) is 0 Å². The summed E-state index contributed by atoms with van der Waals surface area (Å²) < 4.78 is 12.6. The van der Waals surface area contributed by atoms with E-state index in [0.717, 1.165) is 12.8 Å². The molecule has 1 saturated carbocycles. The summed E-state index contributed by atoms with van der Waals surface area (Å²) in [4.78, 5) is 0. The van der Waals surface area contributed by atoms with Gasteiger partial charge in [-0.1, -0.05) is 26.7 Å². The second-order valence-electron chi connectivity index (χ2n) is 3.86. The minimum Gasteiger partial charge on any atom is -0.250 e. The topological polar surface area (TPSA) is 0 Å². The highest BCUT2D eigenvalue weighted by atomic mass is 19.1. The number of rotatable bonds is 2. The van der Waals surface area contributed by atoms with E-state index in [1.165, 1.54) is 12.8 Å². The molecule has 0 bridgehead atoms.